The van der Waals surface area contributed by atoms with Crippen LogP contribution in [0.5, 0.6) is 0 Å². The number of hydrogen-bond acceptors (Lipinski definition) is 2. The van der Waals surface area contributed by atoms with Crippen LogP contribution in [-0.4, -0.2) is 29.1 Å². The zero-order chi connectivity index (χ0) is 20.8. The van der Waals surface area contributed by atoms with Crippen molar-refractivity contribution in [2.45, 2.75) is 25.6 Å². The number of carbonyl (C=O) groups excluding carboxylic acids is 1. The fourth-order valence-electron chi connectivity index (χ4n) is 3.86. The van der Waals surface area contributed by atoms with Gasteiger partial charge in [-0.1, -0.05) is 23.7 Å². The van der Waals surface area contributed by atoms with Crippen LogP contribution in [-0.2, 0) is 17.3 Å². The van der Waals surface area contributed by atoms with Gasteiger partial charge in [0.05, 0.1) is 12.2 Å². The summed E-state index contributed by atoms with van der Waals surface area (Å²) in [7, 11) is 0. The minimum Gasteiger partial charge on any atom is -0.450 e. The first-order valence-corrected chi connectivity index (χ1v) is 9.58. The standard InChI is InChI=1S/C21H18ClF3N2O2/c1-2-29-20(28)27-10-9-15-16-11-14(22)7-8-17(16)26-18(15)19(27)12-3-5-13(6-4-12)21(23,24)25/h3-8,11,19,26H,2,9-10H2,1H3. The van der Waals surface area contributed by atoms with Crippen LogP contribution >= 0.6 is 11.6 Å². The van der Waals surface area contributed by atoms with Gasteiger partial charge in [0.25, 0.3) is 0 Å². The van der Waals surface area contributed by atoms with Gasteiger partial charge in [-0.05, 0) is 54.8 Å². The molecule has 0 saturated carbocycles. The van der Waals surface area contributed by atoms with E-state index in [0.29, 0.717) is 23.6 Å². The maximum absolute atomic E-state index is 13.0. The zero-order valence-corrected chi connectivity index (χ0v) is 16.3. The molecular weight excluding hydrogens is 405 g/mol. The monoisotopic (exact) mass is 422 g/mol. The van der Waals surface area contributed by atoms with Gasteiger partial charge in [-0.25, -0.2) is 4.79 Å². The Hall–Kier alpha value is -2.67. The molecular formula is C21H18ClF3N2O2. The van der Waals surface area contributed by atoms with Gasteiger partial charge in [-0.2, -0.15) is 13.2 Å². The van der Waals surface area contributed by atoms with E-state index in [1.54, 1.807) is 17.9 Å². The molecule has 0 aliphatic carbocycles. The predicted molar refractivity (Wildman–Crippen MR) is 104 cm³/mol. The highest BCUT2D eigenvalue weighted by atomic mass is 35.5. The van der Waals surface area contributed by atoms with E-state index < -0.39 is 23.9 Å². The molecule has 1 aliphatic heterocycles. The molecule has 4 rings (SSSR count). The largest absolute Gasteiger partial charge is 0.450 e. The third-order valence-corrected chi connectivity index (χ3v) is 5.38. The predicted octanol–water partition coefficient (Wildman–Crippen LogP) is 5.94. The lowest BCUT2D eigenvalue weighted by Crippen LogP contribution is -2.41. The minimum absolute atomic E-state index is 0.213. The Morgan fingerprint density at radius 1 is 1.24 bits per heavy atom. The maximum atomic E-state index is 13.0. The van der Waals surface area contributed by atoms with Crippen LogP contribution in [0.4, 0.5) is 18.0 Å². The summed E-state index contributed by atoms with van der Waals surface area (Å²) < 4.78 is 44.1. The van der Waals surface area contributed by atoms with Crippen LogP contribution in [0.15, 0.2) is 42.5 Å². The summed E-state index contributed by atoms with van der Waals surface area (Å²) in [6.45, 7) is 2.31. The van der Waals surface area contributed by atoms with Gasteiger partial charge < -0.3 is 9.72 Å². The van der Waals surface area contributed by atoms with Crippen LogP contribution in [0.2, 0.25) is 5.02 Å². The number of alkyl halides is 3. The normalized spacial score (nSPS) is 16.7. The van der Waals surface area contributed by atoms with Crippen LogP contribution < -0.4 is 0 Å². The van der Waals surface area contributed by atoms with Gasteiger partial charge in [0.1, 0.15) is 6.04 Å². The fraction of sp³-hybridized carbons (Fsp3) is 0.286. The number of H-pyrrole nitrogens is 1. The van der Waals surface area contributed by atoms with Crippen LogP contribution in [0, 0.1) is 0 Å². The van der Waals surface area contributed by atoms with Gasteiger partial charge in [0.15, 0.2) is 0 Å². The van der Waals surface area contributed by atoms with Gasteiger partial charge in [-0.3, -0.25) is 4.90 Å². The first-order chi connectivity index (χ1) is 13.8. The number of benzene rings is 2. The molecule has 8 heteroatoms. The van der Waals surface area contributed by atoms with Crippen molar-refractivity contribution in [3.8, 4) is 0 Å². The van der Waals surface area contributed by atoms with E-state index in [1.165, 1.54) is 12.1 Å². The molecule has 2 aromatic carbocycles. The van der Waals surface area contributed by atoms with Crippen molar-refractivity contribution in [3.05, 3.63) is 69.9 Å². The molecule has 0 bridgehead atoms. The van der Waals surface area contributed by atoms with E-state index in [2.05, 4.69) is 4.98 Å². The van der Waals surface area contributed by atoms with E-state index in [9.17, 15) is 18.0 Å². The number of aromatic nitrogens is 1. The molecule has 152 valence electrons. The summed E-state index contributed by atoms with van der Waals surface area (Å²) in [6.07, 6.45) is -4.33. The van der Waals surface area contributed by atoms with Crippen molar-refractivity contribution in [2.24, 2.45) is 0 Å². The minimum atomic E-state index is -4.42. The second kappa shape index (κ2) is 7.30. The third kappa shape index (κ3) is 3.55. The average Bonchev–Trinajstić information content (AvgIpc) is 3.04. The Morgan fingerprint density at radius 3 is 2.62 bits per heavy atom. The molecule has 4 nitrogen and oxygen atoms in total. The molecule has 3 aromatic rings. The molecule has 1 aliphatic rings. The molecule has 0 radical (unpaired) electrons. The second-order valence-corrected chi connectivity index (χ2v) is 7.31. The summed E-state index contributed by atoms with van der Waals surface area (Å²) in [6, 6.07) is 9.79. The second-order valence-electron chi connectivity index (χ2n) is 6.87. The highest BCUT2D eigenvalue weighted by Gasteiger charge is 2.36. The molecule has 2 heterocycles. The Kier molecular flexibility index (Phi) is 4.94. The first-order valence-electron chi connectivity index (χ1n) is 9.20. The van der Waals surface area contributed by atoms with Crippen molar-refractivity contribution in [2.75, 3.05) is 13.2 Å². The quantitative estimate of drug-likeness (QED) is 0.555. The van der Waals surface area contributed by atoms with Crippen LogP contribution in [0.1, 0.15) is 35.3 Å². The van der Waals surface area contributed by atoms with Crippen molar-refractivity contribution in [3.63, 3.8) is 0 Å². The van der Waals surface area contributed by atoms with Crippen molar-refractivity contribution in [1.82, 2.24) is 9.88 Å². The summed E-state index contributed by atoms with van der Waals surface area (Å²) in [5.74, 6) is 0. The number of halogens is 4. The summed E-state index contributed by atoms with van der Waals surface area (Å²) in [4.78, 5) is 17.5. The zero-order valence-electron chi connectivity index (χ0n) is 15.5. The van der Waals surface area contributed by atoms with Crippen molar-refractivity contribution >= 4 is 28.6 Å². The van der Waals surface area contributed by atoms with E-state index in [0.717, 1.165) is 34.3 Å². The smallest absolute Gasteiger partial charge is 0.416 e. The molecule has 1 atom stereocenters. The highest BCUT2D eigenvalue weighted by Crippen LogP contribution is 2.40. The van der Waals surface area contributed by atoms with Crippen LogP contribution in [0.25, 0.3) is 10.9 Å². The number of nitrogens with zero attached hydrogens (tertiary/aromatic N) is 1. The Labute approximate surface area is 170 Å². The molecule has 1 unspecified atom stereocenters. The maximum Gasteiger partial charge on any atom is 0.416 e. The van der Waals surface area contributed by atoms with Gasteiger partial charge in [0.2, 0.25) is 0 Å². The Bertz CT molecular complexity index is 1060. The van der Waals surface area contributed by atoms with Gasteiger partial charge in [0, 0.05) is 28.2 Å². The van der Waals surface area contributed by atoms with E-state index in [1.807, 2.05) is 12.1 Å². The molecule has 1 N–H and O–H groups in total. The molecule has 1 aromatic heterocycles. The number of aromatic amines is 1. The number of ether oxygens (including phenoxy) is 1. The highest BCUT2D eigenvalue weighted by molar-refractivity contribution is 6.31. The Morgan fingerprint density at radius 2 is 1.97 bits per heavy atom. The lowest BCUT2D eigenvalue weighted by Gasteiger charge is -2.35. The number of hydrogen-bond donors (Lipinski definition) is 1. The SMILES string of the molecule is CCOC(=O)N1CCc2c([nH]c3ccc(Cl)cc23)C1c1ccc(C(F)(F)F)cc1. The summed E-state index contributed by atoms with van der Waals surface area (Å²) in [5.41, 5.74) is 2.48. The summed E-state index contributed by atoms with van der Waals surface area (Å²) >= 11 is 6.15. The van der Waals surface area contributed by atoms with Gasteiger partial charge >= 0.3 is 12.3 Å². The number of carbonyl (C=O) groups is 1. The number of nitrogens with one attached hydrogen (secondary N) is 1. The molecule has 0 spiro atoms. The number of amides is 1. The number of fused-ring (bicyclic) bond motifs is 3. The van der Waals surface area contributed by atoms with Gasteiger partial charge in [-0.15, -0.1) is 0 Å². The lowest BCUT2D eigenvalue weighted by molar-refractivity contribution is -0.137. The van der Waals surface area contributed by atoms with E-state index >= 15 is 0 Å². The van der Waals surface area contributed by atoms with E-state index in [-0.39, 0.29) is 6.61 Å². The van der Waals surface area contributed by atoms with Crippen molar-refractivity contribution in [1.29, 1.82) is 0 Å². The summed E-state index contributed by atoms with van der Waals surface area (Å²) in [5, 5.41) is 1.55. The van der Waals surface area contributed by atoms with E-state index in [4.69, 9.17) is 16.3 Å². The molecule has 1 amide bonds. The topological polar surface area (TPSA) is 45.3 Å². The molecule has 0 fully saturated rings. The van der Waals surface area contributed by atoms with Crippen LogP contribution in [0.3, 0.4) is 0 Å². The Balaban J connectivity index is 1.84. The molecule has 29 heavy (non-hydrogen) atoms. The lowest BCUT2D eigenvalue weighted by atomic mass is 9.92. The first kappa shape index (κ1) is 19.6. The molecule has 0 saturated heterocycles. The van der Waals surface area contributed by atoms with Crippen molar-refractivity contribution < 1.29 is 22.7 Å². The fourth-order valence-corrected chi connectivity index (χ4v) is 4.04. The third-order valence-electron chi connectivity index (χ3n) is 5.15. The average molecular weight is 423 g/mol. The number of rotatable bonds is 2.